The van der Waals surface area contributed by atoms with E-state index < -0.39 is 8.07 Å². The molecule has 1 unspecified atom stereocenters. The Labute approximate surface area is 140 Å². The molecular weight excluding hydrogens is 300 g/mol. The lowest BCUT2D eigenvalue weighted by atomic mass is 10.1. The van der Waals surface area contributed by atoms with Gasteiger partial charge in [0.1, 0.15) is 11.5 Å². The number of rotatable bonds is 6. The molecule has 0 amide bonds. The van der Waals surface area contributed by atoms with Crippen LogP contribution >= 0.6 is 0 Å². The minimum Gasteiger partial charge on any atom is -0.497 e. The Balaban J connectivity index is 2.29. The zero-order valence-corrected chi connectivity index (χ0v) is 15.7. The van der Waals surface area contributed by atoms with E-state index in [-0.39, 0.29) is 0 Å². The molecule has 2 rings (SSSR count). The van der Waals surface area contributed by atoms with Gasteiger partial charge in [-0.1, -0.05) is 56.1 Å². The highest BCUT2D eigenvalue weighted by Crippen LogP contribution is 2.31. The van der Waals surface area contributed by atoms with Gasteiger partial charge in [-0.3, -0.25) is 0 Å². The first-order valence-corrected chi connectivity index (χ1v) is 11.5. The molecule has 2 nitrogen and oxygen atoms in total. The van der Waals surface area contributed by atoms with Gasteiger partial charge in [0, 0.05) is 0 Å². The largest absolute Gasteiger partial charge is 0.497 e. The maximum atomic E-state index is 5.38. The first kappa shape index (κ1) is 17.4. The quantitative estimate of drug-likeness (QED) is 0.664. The summed E-state index contributed by atoms with van der Waals surface area (Å²) in [5, 5.41) is 0. The number of hydrogen-bond acceptors (Lipinski definition) is 2. The topological polar surface area (TPSA) is 18.5 Å². The fourth-order valence-corrected chi connectivity index (χ4v) is 4.51. The monoisotopic (exact) mass is 326 g/mol. The minimum atomic E-state index is -1.40. The standard InChI is InChI=1S/C20H26O2Si/c1-21-18-12-9-16(10-13-18)11-14-20(23(3,4)5)17-7-6-8-19(15-17)22-2/h6-15,20H,1-5H3/b14-11+. The molecule has 0 N–H and O–H groups in total. The van der Waals surface area contributed by atoms with E-state index in [9.17, 15) is 0 Å². The van der Waals surface area contributed by atoms with Crippen LogP contribution in [-0.2, 0) is 0 Å². The zero-order valence-electron chi connectivity index (χ0n) is 14.7. The van der Waals surface area contributed by atoms with E-state index in [0.717, 1.165) is 11.5 Å². The molecule has 122 valence electrons. The van der Waals surface area contributed by atoms with Gasteiger partial charge in [-0.2, -0.15) is 0 Å². The molecule has 0 bridgehead atoms. The second-order valence-corrected chi connectivity index (χ2v) is 12.1. The van der Waals surface area contributed by atoms with Crippen LogP contribution in [0.1, 0.15) is 16.7 Å². The van der Waals surface area contributed by atoms with Crippen LogP contribution in [0, 0.1) is 0 Å². The number of ether oxygens (including phenoxy) is 2. The van der Waals surface area contributed by atoms with Gasteiger partial charge in [-0.15, -0.1) is 0 Å². The third-order valence-corrected chi connectivity index (χ3v) is 6.37. The molecule has 0 heterocycles. The first-order chi connectivity index (χ1) is 10.9. The van der Waals surface area contributed by atoms with Crippen LogP contribution in [0.15, 0.2) is 54.6 Å². The zero-order chi connectivity index (χ0) is 16.9. The molecule has 1 atom stereocenters. The van der Waals surface area contributed by atoms with Gasteiger partial charge in [0.25, 0.3) is 0 Å². The van der Waals surface area contributed by atoms with Gasteiger partial charge in [0.15, 0.2) is 0 Å². The van der Waals surface area contributed by atoms with Crippen LogP contribution in [0.5, 0.6) is 11.5 Å². The lowest BCUT2D eigenvalue weighted by molar-refractivity contribution is 0.414. The molecule has 0 aliphatic carbocycles. The van der Waals surface area contributed by atoms with E-state index >= 15 is 0 Å². The van der Waals surface area contributed by atoms with Gasteiger partial charge in [0.05, 0.1) is 22.3 Å². The van der Waals surface area contributed by atoms with Gasteiger partial charge in [-0.25, -0.2) is 0 Å². The molecule has 0 saturated heterocycles. The molecule has 3 heteroatoms. The molecule has 0 aliphatic rings. The van der Waals surface area contributed by atoms with Crippen molar-refractivity contribution in [3.05, 3.63) is 65.7 Å². The van der Waals surface area contributed by atoms with Crippen LogP contribution in [0.2, 0.25) is 19.6 Å². The Hall–Kier alpha value is -2.00. The van der Waals surface area contributed by atoms with Crippen molar-refractivity contribution < 1.29 is 9.47 Å². The Bertz CT molecular complexity index is 654. The average molecular weight is 327 g/mol. The van der Waals surface area contributed by atoms with Gasteiger partial charge in [-0.05, 0) is 40.9 Å². The lowest BCUT2D eigenvalue weighted by Gasteiger charge is -2.27. The van der Waals surface area contributed by atoms with Crippen LogP contribution in [0.25, 0.3) is 6.08 Å². The van der Waals surface area contributed by atoms with Crippen molar-refractivity contribution in [1.29, 1.82) is 0 Å². The van der Waals surface area contributed by atoms with Crippen molar-refractivity contribution in [1.82, 2.24) is 0 Å². The SMILES string of the molecule is COc1ccc(/C=C/C(c2cccc(OC)c2)[Si](C)(C)C)cc1. The van der Waals surface area contributed by atoms with Crippen molar-refractivity contribution in [3.63, 3.8) is 0 Å². The number of hydrogen-bond donors (Lipinski definition) is 0. The highest BCUT2D eigenvalue weighted by atomic mass is 28.3. The van der Waals surface area contributed by atoms with Crippen molar-refractivity contribution in [3.8, 4) is 11.5 Å². The molecule has 0 spiro atoms. The average Bonchev–Trinajstić information content (AvgIpc) is 2.54. The molecule has 2 aromatic carbocycles. The summed E-state index contributed by atoms with van der Waals surface area (Å²) in [7, 11) is 2.01. The predicted molar refractivity (Wildman–Crippen MR) is 101 cm³/mol. The number of allylic oxidation sites excluding steroid dienone is 1. The summed E-state index contributed by atoms with van der Waals surface area (Å²) in [5.41, 5.74) is 2.96. The van der Waals surface area contributed by atoms with Crippen LogP contribution in [0.3, 0.4) is 0 Å². The summed E-state index contributed by atoms with van der Waals surface area (Å²) in [6, 6.07) is 16.6. The van der Waals surface area contributed by atoms with Crippen molar-refractivity contribution in [2.75, 3.05) is 14.2 Å². The fourth-order valence-electron chi connectivity index (χ4n) is 2.66. The van der Waals surface area contributed by atoms with E-state index in [4.69, 9.17) is 9.47 Å². The van der Waals surface area contributed by atoms with Crippen LogP contribution < -0.4 is 9.47 Å². The maximum Gasteiger partial charge on any atom is 0.119 e. The van der Waals surface area contributed by atoms with E-state index in [1.165, 1.54) is 11.1 Å². The number of methoxy groups -OCH3 is 2. The molecule has 0 aliphatic heterocycles. The Morgan fingerprint density at radius 2 is 1.52 bits per heavy atom. The summed E-state index contributed by atoms with van der Waals surface area (Å²) in [4.78, 5) is 0. The van der Waals surface area contributed by atoms with Crippen LogP contribution in [-0.4, -0.2) is 22.3 Å². The smallest absolute Gasteiger partial charge is 0.119 e. The first-order valence-electron chi connectivity index (χ1n) is 7.90. The van der Waals surface area contributed by atoms with E-state index in [2.05, 4.69) is 62.1 Å². The molecule has 0 radical (unpaired) electrons. The third-order valence-electron chi connectivity index (χ3n) is 3.98. The third kappa shape index (κ3) is 4.73. The predicted octanol–water partition coefficient (Wildman–Crippen LogP) is 5.38. The molecule has 2 aromatic rings. The molecule has 0 fully saturated rings. The molecule has 0 saturated carbocycles. The normalized spacial score (nSPS) is 13.1. The van der Waals surface area contributed by atoms with E-state index in [1.54, 1.807) is 14.2 Å². The van der Waals surface area contributed by atoms with Crippen molar-refractivity contribution >= 4 is 14.1 Å². The Kier molecular flexibility index (Phi) is 5.67. The summed E-state index contributed by atoms with van der Waals surface area (Å²) in [5.74, 6) is 1.81. The highest BCUT2D eigenvalue weighted by Gasteiger charge is 2.26. The van der Waals surface area contributed by atoms with Gasteiger partial charge in [0.2, 0.25) is 0 Å². The fraction of sp³-hybridized carbons (Fsp3) is 0.300. The lowest BCUT2D eigenvalue weighted by Crippen LogP contribution is -2.29. The number of benzene rings is 2. The summed E-state index contributed by atoms with van der Waals surface area (Å²) in [6.45, 7) is 7.19. The highest BCUT2D eigenvalue weighted by molar-refractivity contribution is 6.78. The maximum absolute atomic E-state index is 5.38. The van der Waals surface area contributed by atoms with Crippen molar-refractivity contribution in [2.24, 2.45) is 0 Å². The molecule has 23 heavy (non-hydrogen) atoms. The van der Waals surface area contributed by atoms with Crippen LogP contribution in [0.4, 0.5) is 0 Å². The van der Waals surface area contributed by atoms with E-state index in [0.29, 0.717) is 5.54 Å². The molecular formula is C20H26O2Si. The second-order valence-electron chi connectivity index (χ2n) is 6.75. The summed E-state index contributed by atoms with van der Waals surface area (Å²) in [6.07, 6.45) is 4.55. The summed E-state index contributed by atoms with van der Waals surface area (Å²) >= 11 is 0. The van der Waals surface area contributed by atoms with E-state index in [1.807, 2.05) is 18.2 Å². The van der Waals surface area contributed by atoms with Crippen molar-refractivity contribution in [2.45, 2.75) is 25.2 Å². The second kappa shape index (κ2) is 7.51. The van der Waals surface area contributed by atoms with Gasteiger partial charge < -0.3 is 9.47 Å². The molecule has 0 aromatic heterocycles. The Morgan fingerprint density at radius 1 is 0.870 bits per heavy atom. The summed E-state index contributed by atoms with van der Waals surface area (Å²) < 4.78 is 10.6. The minimum absolute atomic E-state index is 0.444. The van der Waals surface area contributed by atoms with Gasteiger partial charge >= 0.3 is 0 Å². The Morgan fingerprint density at radius 3 is 2.09 bits per heavy atom.